The topological polar surface area (TPSA) is 67.1 Å². The van der Waals surface area contributed by atoms with Crippen LogP contribution in [-0.4, -0.2) is 27.1 Å². The van der Waals surface area contributed by atoms with Crippen molar-refractivity contribution in [3.63, 3.8) is 0 Å². The fourth-order valence-corrected chi connectivity index (χ4v) is 3.18. The predicted molar refractivity (Wildman–Crippen MR) is 79.8 cm³/mol. The lowest BCUT2D eigenvalue weighted by Gasteiger charge is -2.28. The fourth-order valence-electron chi connectivity index (χ4n) is 2.70. The van der Waals surface area contributed by atoms with Crippen LogP contribution in [0, 0.1) is 5.92 Å². The lowest BCUT2D eigenvalue weighted by molar-refractivity contribution is 0.177. The van der Waals surface area contributed by atoms with Gasteiger partial charge in [0.05, 0.1) is 0 Å². The average Bonchev–Trinajstić information content (AvgIpc) is 3.04. The molecule has 0 saturated heterocycles. The van der Waals surface area contributed by atoms with Gasteiger partial charge in [0.1, 0.15) is 10.7 Å². The van der Waals surface area contributed by atoms with Crippen LogP contribution in [0.4, 0.5) is 5.00 Å². The molecule has 5 nitrogen and oxygen atoms in total. The number of anilines is 1. The predicted octanol–water partition coefficient (Wildman–Crippen LogP) is 2.61. The molecule has 1 aliphatic carbocycles. The fraction of sp³-hybridized carbons (Fsp3) is 0.846. The number of nitrogens with zero attached hydrogens (tertiary/aromatic N) is 3. The summed E-state index contributed by atoms with van der Waals surface area (Å²) in [7, 11) is 0. The van der Waals surface area contributed by atoms with Gasteiger partial charge >= 0.3 is 0 Å². The largest absolute Gasteiger partial charge is 0.313 e. The summed E-state index contributed by atoms with van der Waals surface area (Å²) >= 11 is 1.33. The van der Waals surface area contributed by atoms with Gasteiger partial charge in [-0.25, -0.2) is 5.84 Å². The Labute approximate surface area is 119 Å². The number of hydrogen-bond donors (Lipinski definition) is 2. The zero-order valence-electron chi connectivity index (χ0n) is 11.9. The van der Waals surface area contributed by atoms with Gasteiger partial charge in [0.15, 0.2) is 0 Å². The molecule has 0 unspecified atom stereocenters. The summed E-state index contributed by atoms with van der Waals surface area (Å²) in [5, 5.41) is 5.11. The number of nitrogens with two attached hydrogens (primary N) is 1. The smallest absolute Gasteiger partial charge is 0.148 e. The van der Waals surface area contributed by atoms with Gasteiger partial charge < -0.3 is 5.43 Å². The molecule has 1 aliphatic rings. The van der Waals surface area contributed by atoms with Crippen LogP contribution < -0.4 is 11.3 Å². The lowest BCUT2D eigenvalue weighted by Crippen LogP contribution is -2.34. The Morgan fingerprint density at radius 2 is 2.16 bits per heavy atom. The third-order valence-electron chi connectivity index (χ3n) is 3.87. The molecule has 1 heterocycles. The average molecular weight is 283 g/mol. The molecule has 0 amide bonds. The summed E-state index contributed by atoms with van der Waals surface area (Å²) in [6.07, 6.45) is 6.60. The second-order valence-electron chi connectivity index (χ2n) is 5.78. The van der Waals surface area contributed by atoms with E-state index in [0.29, 0.717) is 6.04 Å². The zero-order valence-corrected chi connectivity index (χ0v) is 12.7. The standard InChI is InChI=1S/C13H25N5S/c1-10(2)7-8-18(11-5-3-4-6-11)9-12-13(15-14)19-17-16-12/h10-11,15H,3-9,14H2,1-2H3. The van der Waals surface area contributed by atoms with E-state index in [1.807, 2.05) is 0 Å². The van der Waals surface area contributed by atoms with Crippen molar-refractivity contribution >= 4 is 16.5 Å². The Bertz CT molecular complexity index is 373. The summed E-state index contributed by atoms with van der Waals surface area (Å²) in [5.41, 5.74) is 3.69. The van der Waals surface area contributed by atoms with Crippen LogP contribution in [0.3, 0.4) is 0 Å². The molecular formula is C13H25N5S. The van der Waals surface area contributed by atoms with Crippen molar-refractivity contribution in [3.8, 4) is 0 Å². The first-order valence-corrected chi connectivity index (χ1v) is 8.00. The molecule has 0 aliphatic heterocycles. The van der Waals surface area contributed by atoms with Gasteiger partial charge in [0, 0.05) is 24.1 Å². The van der Waals surface area contributed by atoms with Crippen molar-refractivity contribution < 1.29 is 0 Å². The quantitative estimate of drug-likeness (QED) is 0.595. The molecule has 0 radical (unpaired) electrons. The first-order chi connectivity index (χ1) is 9.20. The normalized spacial score (nSPS) is 16.7. The number of aromatic nitrogens is 2. The van der Waals surface area contributed by atoms with E-state index >= 15 is 0 Å². The highest BCUT2D eigenvalue weighted by atomic mass is 32.1. The van der Waals surface area contributed by atoms with E-state index in [1.165, 1.54) is 43.6 Å². The van der Waals surface area contributed by atoms with Gasteiger partial charge in [-0.15, -0.1) is 5.10 Å². The molecule has 1 aromatic heterocycles. The van der Waals surface area contributed by atoms with Crippen molar-refractivity contribution in [1.82, 2.24) is 14.5 Å². The first kappa shape index (κ1) is 14.7. The molecule has 1 saturated carbocycles. The first-order valence-electron chi connectivity index (χ1n) is 7.22. The maximum Gasteiger partial charge on any atom is 0.148 e. The highest BCUT2D eigenvalue weighted by Crippen LogP contribution is 2.27. The number of rotatable bonds is 7. The van der Waals surface area contributed by atoms with Crippen molar-refractivity contribution in [2.45, 2.75) is 58.5 Å². The minimum atomic E-state index is 0.714. The highest BCUT2D eigenvalue weighted by molar-refractivity contribution is 7.10. The summed E-state index contributed by atoms with van der Waals surface area (Å²) in [5.74, 6) is 6.25. The van der Waals surface area contributed by atoms with E-state index in [0.717, 1.165) is 29.7 Å². The van der Waals surface area contributed by atoms with Gasteiger partial charge in [0.25, 0.3) is 0 Å². The Hall–Kier alpha value is -0.720. The van der Waals surface area contributed by atoms with Crippen LogP contribution in [0.25, 0.3) is 0 Å². The summed E-state index contributed by atoms with van der Waals surface area (Å²) in [6, 6.07) is 0.714. The van der Waals surface area contributed by atoms with Crippen molar-refractivity contribution in [2.75, 3.05) is 12.0 Å². The summed E-state index contributed by atoms with van der Waals surface area (Å²) < 4.78 is 3.99. The zero-order chi connectivity index (χ0) is 13.7. The van der Waals surface area contributed by atoms with Gasteiger partial charge in [-0.1, -0.05) is 31.2 Å². The minimum Gasteiger partial charge on any atom is -0.313 e. The second kappa shape index (κ2) is 7.17. The van der Waals surface area contributed by atoms with Gasteiger partial charge in [-0.3, -0.25) is 4.90 Å². The molecular weight excluding hydrogens is 258 g/mol. The van der Waals surface area contributed by atoms with Gasteiger partial charge in [-0.05, 0) is 31.7 Å². The van der Waals surface area contributed by atoms with Gasteiger partial charge in [-0.2, -0.15) is 0 Å². The second-order valence-corrected chi connectivity index (χ2v) is 6.54. The number of hydrazine groups is 1. The van der Waals surface area contributed by atoms with Crippen LogP contribution in [0.5, 0.6) is 0 Å². The molecule has 3 N–H and O–H groups in total. The molecule has 2 rings (SSSR count). The maximum absolute atomic E-state index is 5.51. The molecule has 1 fully saturated rings. The van der Waals surface area contributed by atoms with Crippen molar-refractivity contribution in [3.05, 3.63) is 5.69 Å². The molecule has 0 aromatic carbocycles. The maximum atomic E-state index is 5.51. The van der Waals surface area contributed by atoms with Crippen LogP contribution in [0.1, 0.15) is 51.6 Å². The Morgan fingerprint density at radius 3 is 2.79 bits per heavy atom. The molecule has 108 valence electrons. The molecule has 1 aromatic rings. The Kier molecular flexibility index (Phi) is 5.54. The molecule has 19 heavy (non-hydrogen) atoms. The van der Waals surface area contributed by atoms with E-state index in [1.54, 1.807) is 0 Å². The molecule has 0 atom stereocenters. The molecule has 0 bridgehead atoms. The number of nitrogens with one attached hydrogen (secondary N) is 1. The Morgan fingerprint density at radius 1 is 1.42 bits per heavy atom. The van der Waals surface area contributed by atoms with E-state index in [-0.39, 0.29) is 0 Å². The third kappa shape index (κ3) is 4.12. The van der Waals surface area contributed by atoms with E-state index in [2.05, 4.69) is 33.8 Å². The van der Waals surface area contributed by atoms with E-state index < -0.39 is 0 Å². The number of nitrogen functional groups attached to an aromatic ring is 1. The van der Waals surface area contributed by atoms with Crippen molar-refractivity contribution in [1.29, 1.82) is 0 Å². The minimum absolute atomic E-state index is 0.714. The highest BCUT2D eigenvalue weighted by Gasteiger charge is 2.24. The van der Waals surface area contributed by atoms with Crippen LogP contribution in [0.2, 0.25) is 0 Å². The third-order valence-corrected chi connectivity index (χ3v) is 4.57. The summed E-state index contributed by atoms with van der Waals surface area (Å²) in [4.78, 5) is 2.57. The van der Waals surface area contributed by atoms with E-state index in [9.17, 15) is 0 Å². The van der Waals surface area contributed by atoms with Crippen molar-refractivity contribution in [2.24, 2.45) is 11.8 Å². The van der Waals surface area contributed by atoms with Gasteiger partial charge in [0.2, 0.25) is 0 Å². The lowest BCUT2D eigenvalue weighted by atomic mass is 10.1. The van der Waals surface area contributed by atoms with Crippen LogP contribution >= 0.6 is 11.5 Å². The molecule has 0 spiro atoms. The monoisotopic (exact) mass is 283 g/mol. The van der Waals surface area contributed by atoms with Crippen LogP contribution in [0.15, 0.2) is 0 Å². The SMILES string of the molecule is CC(C)CCN(Cc1nnsc1NN)C1CCCC1. The number of hydrogen-bond acceptors (Lipinski definition) is 6. The Balaban J connectivity index is 1.99. The van der Waals surface area contributed by atoms with E-state index in [4.69, 9.17) is 5.84 Å². The van der Waals surface area contributed by atoms with Crippen LogP contribution in [-0.2, 0) is 6.54 Å². The molecule has 6 heteroatoms. The summed E-state index contributed by atoms with van der Waals surface area (Å²) in [6.45, 7) is 6.57.